The van der Waals surface area contributed by atoms with E-state index in [-0.39, 0.29) is 11.7 Å². The van der Waals surface area contributed by atoms with E-state index in [0.29, 0.717) is 18.0 Å². The number of aryl methyl sites for hydroxylation is 1. The van der Waals surface area contributed by atoms with Gasteiger partial charge in [-0.05, 0) is 50.7 Å². The van der Waals surface area contributed by atoms with Gasteiger partial charge in [-0.15, -0.1) is 0 Å². The zero-order chi connectivity index (χ0) is 15.3. The van der Waals surface area contributed by atoms with Crippen molar-refractivity contribution in [2.75, 3.05) is 33.7 Å². The van der Waals surface area contributed by atoms with Gasteiger partial charge in [-0.3, -0.25) is 4.79 Å². The van der Waals surface area contributed by atoms with Crippen LogP contribution in [0.2, 0.25) is 0 Å². The zero-order valence-electron chi connectivity index (χ0n) is 13.2. The Hall–Kier alpha value is -1.55. The number of nitrogens with zero attached hydrogens (tertiary/aromatic N) is 2. The summed E-state index contributed by atoms with van der Waals surface area (Å²) in [4.78, 5) is 16.6. The van der Waals surface area contributed by atoms with Crippen LogP contribution in [0.15, 0.2) is 18.2 Å². The molecular weight excluding hydrogens is 252 g/mol. The Labute approximate surface area is 122 Å². The minimum Gasteiger partial charge on any atom is -0.508 e. The highest BCUT2D eigenvalue weighted by Gasteiger charge is 2.18. The van der Waals surface area contributed by atoms with Gasteiger partial charge in [0.15, 0.2) is 0 Å². The summed E-state index contributed by atoms with van der Waals surface area (Å²) in [6.45, 7) is 8.37. The number of hydrogen-bond donors (Lipinski definition) is 1. The third kappa shape index (κ3) is 4.85. The van der Waals surface area contributed by atoms with Crippen LogP contribution in [-0.4, -0.2) is 54.5 Å². The first-order valence-corrected chi connectivity index (χ1v) is 7.05. The first-order chi connectivity index (χ1) is 9.31. The van der Waals surface area contributed by atoms with Crippen molar-refractivity contribution in [1.82, 2.24) is 9.80 Å². The molecule has 1 amide bonds. The summed E-state index contributed by atoms with van der Waals surface area (Å²) in [6.07, 6.45) is 0. The lowest BCUT2D eigenvalue weighted by Gasteiger charge is -2.26. The number of phenols is 1. The van der Waals surface area contributed by atoms with Crippen molar-refractivity contribution >= 4 is 5.91 Å². The average Bonchev–Trinajstić information content (AvgIpc) is 2.33. The lowest BCUT2D eigenvalue weighted by atomic mass is 10.1. The molecule has 1 rings (SSSR count). The van der Waals surface area contributed by atoms with E-state index in [0.717, 1.165) is 18.7 Å². The Kier molecular flexibility index (Phi) is 6.02. The van der Waals surface area contributed by atoms with Crippen molar-refractivity contribution in [2.45, 2.75) is 20.8 Å². The minimum absolute atomic E-state index is 0.0399. The molecule has 0 aliphatic carbocycles. The number of carbonyl (C=O) groups is 1. The van der Waals surface area contributed by atoms with Crippen molar-refractivity contribution in [3.05, 3.63) is 29.3 Å². The van der Waals surface area contributed by atoms with Gasteiger partial charge < -0.3 is 14.9 Å². The van der Waals surface area contributed by atoms with E-state index in [2.05, 4.69) is 18.7 Å². The van der Waals surface area contributed by atoms with Crippen LogP contribution in [0.4, 0.5) is 0 Å². The SMILES string of the molecule is Cc1cc(O)ccc1C(=O)N(CCN(C)C)CC(C)C. The average molecular weight is 278 g/mol. The lowest BCUT2D eigenvalue weighted by molar-refractivity contribution is 0.0724. The summed E-state index contributed by atoms with van der Waals surface area (Å²) in [7, 11) is 4.01. The van der Waals surface area contributed by atoms with E-state index in [1.807, 2.05) is 25.9 Å². The molecule has 0 saturated heterocycles. The fraction of sp³-hybridized carbons (Fsp3) is 0.562. The molecule has 0 saturated carbocycles. The topological polar surface area (TPSA) is 43.8 Å². The summed E-state index contributed by atoms with van der Waals surface area (Å²) in [5.41, 5.74) is 1.48. The Bertz CT molecular complexity index is 456. The fourth-order valence-corrected chi connectivity index (χ4v) is 2.10. The fourth-order valence-electron chi connectivity index (χ4n) is 2.10. The maximum Gasteiger partial charge on any atom is 0.254 e. The number of amides is 1. The molecule has 1 aromatic carbocycles. The molecule has 20 heavy (non-hydrogen) atoms. The first kappa shape index (κ1) is 16.5. The molecule has 0 atom stereocenters. The van der Waals surface area contributed by atoms with Gasteiger partial charge in [-0.25, -0.2) is 0 Å². The van der Waals surface area contributed by atoms with Gasteiger partial charge >= 0.3 is 0 Å². The van der Waals surface area contributed by atoms with E-state index in [1.165, 1.54) is 0 Å². The second-order valence-corrected chi connectivity index (χ2v) is 5.95. The molecule has 0 bridgehead atoms. The highest BCUT2D eigenvalue weighted by molar-refractivity contribution is 5.95. The first-order valence-electron chi connectivity index (χ1n) is 7.05. The van der Waals surface area contributed by atoms with Crippen LogP contribution < -0.4 is 0 Å². The molecule has 0 aliphatic rings. The number of rotatable bonds is 6. The molecule has 0 aliphatic heterocycles. The third-order valence-corrected chi connectivity index (χ3v) is 3.13. The molecule has 1 N–H and O–H groups in total. The highest BCUT2D eigenvalue weighted by Crippen LogP contribution is 2.18. The van der Waals surface area contributed by atoms with Crippen LogP contribution >= 0.6 is 0 Å². The largest absolute Gasteiger partial charge is 0.508 e. The van der Waals surface area contributed by atoms with Crippen LogP contribution in [0.25, 0.3) is 0 Å². The molecule has 1 aromatic rings. The van der Waals surface area contributed by atoms with Gasteiger partial charge in [0.05, 0.1) is 0 Å². The number of phenolic OH excluding ortho intramolecular Hbond substituents is 1. The van der Waals surface area contributed by atoms with Crippen LogP contribution in [0.5, 0.6) is 5.75 Å². The molecule has 0 heterocycles. The molecule has 4 heteroatoms. The molecule has 0 fully saturated rings. The second kappa shape index (κ2) is 7.29. The zero-order valence-corrected chi connectivity index (χ0v) is 13.2. The predicted octanol–water partition coefficient (Wildman–Crippen LogP) is 2.36. The number of hydrogen-bond acceptors (Lipinski definition) is 3. The molecular formula is C16H26N2O2. The minimum atomic E-state index is 0.0399. The Morgan fingerprint density at radius 1 is 1.25 bits per heavy atom. The van der Waals surface area contributed by atoms with E-state index >= 15 is 0 Å². The number of benzene rings is 1. The Morgan fingerprint density at radius 3 is 2.40 bits per heavy atom. The van der Waals surface area contributed by atoms with Crippen LogP contribution in [0.1, 0.15) is 29.8 Å². The molecule has 0 spiro atoms. The summed E-state index contributed by atoms with van der Waals surface area (Å²) < 4.78 is 0. The van der Waals surface area contributed by atoms with Gasteiger partial charge in [0.1, 0.15) is 5.75 Å². The molecule has 112 valence electrons. The Morgan fingerprint density at radius 2 is 1.90 bits per heavy atom. The molecule has 0 unspecified atom stereocenters. The van der Waals surface area contributed by atoms with Crippen molar-refractivity contribution < 1.29 is 9.90 Å². The van der Waals surface area contributed by atoms with Gasteiger partial charge in [0.2, 0.25) is 0 Å². The third-order valence-electron chi connectivity index (χ3n) is 3.13. The van der Waals surface area contributed by atoms with Gasteiger partial charge in [0.25, 0.3) is 5.91 Å². The second-order valence-electron chi connectivity index (χ2n) is 5.95. The normalized spacial score (nSPS) is 11.2. The quantitative estimate of drug-likeness (QED) is 0.868. The van der Waals surface area contributed by atoms with Gasteiger partial charge in [-0.2, -0.15) is 0 Å². The van der Waals surface area contributed by atoms with Gasteiger partial charge in [0, 0.05) is 25.2 Å². The summed E-state index contributed by atoms with van der Waals surface area (Å²) in [5.74, 6) is 0.666. The number of carbonyl (C=O) groups excluding carboxylic acids is 1. The van der Waals surface area contributed by atoms with Crippen molar-refractivity contribution in [3.8, 4) is 5.75 Å². The maximum absolute atomic E-state index is 12.7. The molecule has 0 radical (unpaired) electrons. The standard InChI is InChI=1S/C16H26N2O2/c1-12(2)11-18(9-8-17(4)5)16(20)15-7-6-14(19)10-13(15)3/h6-7,10,12,19H,8-9,11H2,1-5H3. The van der Waals surface area contributed by atoms with Crippen LogP contribution in [0.3, 0.4) is 0 Å². The summed E-state index contributed by atoms with van der Waals surface area (Å²) >= 11 is 0. The highest BCUT2D eigenvalue weighted by atomic mass is 16.3. The monoisotopic (exact) mass is 278 g/mol. The van der Waals surface area contributed by atoms with Crippen LogP contribution in [0, 0.1) is 12.8 Å². The van der Waals surface area contributed by atoms with Crippen molar-refractivity contribution in [2.24, 2.45) is 5.92 Å². The molecule has 0 aromatic heterocycles. The van der Waals surface area contributed by atoms with E-state index < -0.39 is 0 Å². The predicted molar refractivity (Wildman–Crippen MR) is 82.1 cm³/mol. The van der Waals surface area contributed by atoms with Gasteiger partial charge in [-0.1, -0.05) is 13.8 Å². The van der Waals surface area contributed by atoms with Crippen molar-refractivity contribution in [3.63, 3.8) is 0 Å². The van der Waals surface area contributed by atoms with Crippen molar-refractivity contribution in [1.29, 1.82) is 0 Å². The lowest BCUT2D eigenvalue weighted by Crippen LogP contribution is -2.39. The number of aromatic hydroxyl groups is 1. The summed E-state index contributed by atoms with van der Waals surface area (Å²) in [5, 5.41) is 9.45. The van der Waals surface area contributed by atoms with Crippen LogP contribution in [-0.2, 0) is 0 Å². The summed E-state index contributed by atoms with van der Waals surface area (Å²) in [6, 6.07) is 4.91. The van der Waals surface area contributed by atoms with E-state index in [4.69, 9.17) is 0 Å². The number of likely N-dealkylation sites (N-methyl/N-ethyl adjacent to an activating group) is 1. The van der Waals surface area contributed by atoms with E-state index in [1.54, 1.807) is 18.2 Å². The molecule has 4 nitrogen and oxygen atoms in total. The Balaban J connectivity index is 2.90. The maximum atomic E-state index is 12.7. The smallest absolute Gasteiger partial charge is 0.254 e. The van der Waals surface area contributed by atoms with E-state index in [9.17, 15) is 9.90 Å².